The smallest absolute Gasteiger partial charge is 0.257 e. The molecule has 0 unspecified atom stereocenters. The van der Waals surface area contributed by atoms with Gasteiger partial charge in [0.1, 0.15) is 11.6 Å². The monoisotopic (exact) mass is 485 g/mol. The summed E-state index contributed by atoms with van der Waals surface area (Å²) in [6, 6.07) is 12.0. The van der Waals surface area contributed by atoms with Gasteiger partial charge in [0.15, 0.2) is 0 Å². The quantitative estimate of drug-likeness (QED) is 0.432. The van der Waals surface area contributed by atoms with Gasteiger partial charge in [0.25, 0.3) is 5.91 Å². The van der Waals surface area contributed by atoms with E-state index in [-0.39, 0.29) is 12.5 Å². The number of rotatable bonds is 6. The van der Waals surface area contributed by atoms with Crippen molar-refractivity contribution in [1.82, 2.24) is 24.6 Å². The van der Waals surface area contributed by atoms with Crippen molar-refractivity contribution < 1.29 is 9.90 Å². The molecule has 0 aliphatic carbocycles. The molecule has 5 rings (SSSR count). The minimum absolute atomic E-state index is 0.0941. The summed E-state index contributed by atoms with van der Waals surface area (Å²) in [6.07, 6.45) is 7.34. The molecule has 36 heavy (non-hydrogen) atoms. The molecule has 1 aliphatic heterocycles. The topological polar surface area (TPSA) is 99.4 Å². The SMILES string of the molecule is CN(C)C1CCN(c2cc(C(=O)Nc3cc4cc(-c5cnn(C)c5CO)ccc4cn3)ccn2)CC1. The highest BCUT2D eigenvalue weighted by Gasteiger charge is 2.22. The normalized spacial score (nSPS) is 14.5. The summed E-state index contributed by atoms with van der Waals surface area (Å²) in [6.45, 7) is 1.75. The number of benzene rings is 1. The number of aryl methyl sites for hydroxylation is 1. The Hall–Kier alpha value is -3.82. The second kappa shape index (κ2) is 10.0. The predicted molar refractivity (Wildman–Crippen MR) is 141 cm³/mol. The Kier molecular flexibility index (Phi) is 6.67. The minimum atomic E-state index is -0.223. The van der Waals surface area contributed by atoms with E-state index < -0.39 is 0 Å². The molecule has 2 N–H and O–H groups in total. The van der Waals surface area contributed by atoms with Crippen molar-refractivity contribution in [3.05, 3.63) is 66.2 Å². The van der Waals surface area contributed by atoms with Crippen LogP contribution in [0.1, 0.15) is 28.9 Å². The number of amides is 1. The maximum atomic E-state index is 13.1. The van der Waals surface area contributed by atoms with E-state index in [0.29, 0.717) is 17.4 Å². The second-order valence-corrected chi connectivity index (χ2v) is 9.46. The maximum Gasteiger partial charge on any atom is 0.257 e. The van der Waals surface area contributed by atoms with E-state index in [9.17, 15) is 9.90 Å². The van der Waals surface area contributed by atoms with Crippen molar-refractivity contribution in [2.24, 2.45) is 7.05 Å². The number of aliphatic hydroxyl groups excluding tert-OH is 1. The molecule has 1 aromatic carbocycles. The number of fused-ring (bicyclic) bond motifs is 1. The van der Waals surface area contributed by atoms with Crippen molar-refractivity contribution in [3.8, 4) is 11.1 Å². The first kappa shape index (κ1) is 23.9. The van der Waals surface area contributed by atoms with Crippen molar-refractivity contribution in [2.75, 3.05) is 37.4 Å². The van der Waals surface area contributed by atoms with E-state index in [1.807, 2.05) is 37.4 Å². The van der Waals surface area contributed by atoms with Crippen LogP contribution >= 0.6 is 0 Å². The van der Waals surface area contributed by atoms with Crippen molar-refractivity contribution in [3.63, 3.8) is 0 Å². The third kappa shape index (κ3) is 4.80. The zero-order chi connectivity index (χ0) is 25.2. The lowest BCUT2D eigenvalue weighted by Gasteiger charge is -2.35. The lowest BCUT2D eigenvalue weighted by molar-refractivity contribution is 0.102. The third-order valence-electron chi connectivity index (χ3n) is 7.01. The fraction of sp³-hybridized carbons (Fsp3) is 0.333. The summed E-state index contributed by atoms with van der Waals surface area (Å²) < 4.78 is 1.67. The highest BCUT2D eigenvalue weighted by atomic mass is 16.3. The fourth-order valence-corrected chi connectivity index (χ4v) is 4.80. The van der Waals surface area contributed by atoms with Crippen molar-refractivity contribution in [1.29, 1.82) is 0 Å². The zero-order valence-corrected chi connectivity index (χ0v) is 20.8. The van der Waals surface area contributed by atoms with E-state index >= 15 is 0 Å². The zero-order valence-electron chi connectivity index (χ0n) is 20.8. The number of aromatic nitrogens is 4. The number of aliphatic hydroxyl groups is 1. The number of nitrogens with one attached hydrogen (secondary N) is 1. The number of piperidine rings is 1. The fourth-order valence-electron chi connectivity index (χ4n) is 4.80. The van der Waals surface area contributed by atoms with Gasteiger partial charge in [0.2, 0.25) is 0 Å². The summed E-state index contributed by atoms with van der Waals surface area (Å²) in [5, 5.41) is 18.8. The molecule has 186 valence electrons. The Balaban J connectivity index is 1.33. The molecule has 0 atom stereocenters. The molecule has 0 bridgehead atoms. The lowest BCUT2D eigenvalue weighted by atomic mass is 10.0. The van der Waals surface area contributed by atoms with Gasteiger partial charge in [0, 0.05) is 55.1 Å². The van der Waals surface area contributed by atoms with E-state index in [0.717, 1.165) is 59.3 Å². The van der Waals surface area contributed by atoms with Crippen LogP contribution in [0.25, 0.3) is 21.9 Å². The van der Waals surface area contributed by atoms with Crippen LogP contribution in [0.5, 0.6) is 0 Å². The molecule has 1 fully saturated rings. The molecule has 9 heteroatoms. The van der Waals surface area contributed by atoms with E-state index in [1.165, 1.54) is 0 Å². The first-order valence-electron chi connectivity index (χ1n) is 12.1. The van der Waals surface area contributed by atoms with Gasteiger partial charge in [-0.25, -0.2) is 9.97 Å². The van der Waals surface area contributed by atoms with Gasteiger partial charge >= 0.3 is 0 Å². The number of pyridine rings is 2. The maximum absolute atomic E-state index is 13.1. The summed E-state index contributed by atoms with van der Waals surface area (Å²) >= 11 is 0. The Labute approximate surface area is 210 Å². The van der Waals surface area contributed by atoms with Crippen LogP contribution in [-0.2, 0) is 13.7 Å². The molecule has 4 aromatic rings. The van der Waals surface area contributed by atoms with Crippen molar-refractivity contribution >= 4 is 28.3 Å². The van der Waals surface area contributed by atoms with Crippen LogP contribution in [0.3, 0.4) is 0 Å². The number of anilines is 2. The molecule has 0 spiro atoms. The van der Waals surface area contributed by atoms with Crippen LogP contribution in [0.2, 0.25) is 0 Å². The highest BCUT2D eigenvalue weighted by molar-refractivity contribution is 6.05. The van der Waals surface area contributed by atoms with Crippen LogP contribution in [0, 0.1) is 0 Å². The van der Waals surface area contributed by atoms with Gasteiger partial charge in [0.05, 0.1) is 18.5 Å². The molecule has 1 aliphatic rings. The summed E-state index contributed by atoms with van der Waals surface area (Å²) in [5.41, 5.74) is 3.12. The second-order valence-electron chi connectivity index (χ2n) is 9.46. The summed E-state index contributed by atoms with van der Waals surface area (Å²) in [4.78, 5) is 26.5. The van der Waals surface area contributed by atoms with Crippen LogP contribution in [-0.4, -0.2) is 68.9 Å². The Morgan fingerprint density at radius 1 is 1.08 bits per heavy atom. The molecule has 9 nitrogen and oxygen atoms in total. The number of hydrogen-bond acceptors (Lipinski definition) is 7. The molecule has 0 saturated carbocycles. The van der Waals surface area contributed by atoms with Gasteiger partial charge < -0.3 is 20.2 Å². The first-order valence-corrected chi connectivity index (χ1v) is 12.1. The highest BCUT2D eigenvalue weighted by Crippen LogP contribution is 2.28. The minimum Gasteiger partial charge on any atom is -0.390 e. The number of carbonyl (C=O) groups excluding carboxylic acids is 1. The van der Waals surface area contributed by atoms with Crippen LogP contribution in [0.4, 0.5) is 11.6 Å². The van der Waals surface area contributed by atoms with E-state index in [4.69, 9.17) is 0 Å². The third-order valence-corrected chi connectivity index (χ3v) is 7.01. The Morgan fingerprint density at radius 2 is 1.89 bits per heavy atom. The van der Waals surface area contributed by atoms with Gasteiger partial charge in [-0.2, -0.15) is 5.10 Å². The van der Waals surface area contributed by atoms with Crippen molar-refractivity contribution in [2.45, 2.75) is 25.5 Å². The Bertz CT molecular complexity index is 1390. The summed E-state index contributed by atoms with van der Waals surface area (Å²) in [7, 11) is 6.05. The predicted octanol–water partition coefficient (Wildman–Crippen LogP) is 3.31. The van der Waals surface area contributed by atoms with E-state index in [1.54, 1.807) is 29.3 Å². The van der Waals surface area contributed by atoms with Crippen LogP contribution in [0.15, 0.2) is 55.0 Å². The average molecular weight is 486 g/mol. The van der Waals surface area contributed by atoms with Gasteiger partial charge in [-0.3, -0.25) is 9.48 Å². The van der Waals surface area contributed by atoms with Gasteiger partial charge in [-0.15, -0.1) is 0 Å². The summed E-state index contributed by atoms with van der Waals surface area (Å²) in [5.74, 6) is 1.08. The Morgan fingerprint density at radius 3 is 2.64 bits per heavy atom. The molecule has 0 radical (unpaired) electrons. The average Bonchev–Trinajstić information content (AvgIpc) is 3.28. The molecule has 1 amide bonds. The molecule has 4 heterocycles. The van der Waals surface area contributed by atoms with Gasteiger partial charge in [-0.05, 0) is 62.2 Å². The molecule has 3 aromatic heterocycles. The first-order chi connectivity index (χ1) is 17.4. The molecule has 1 saturated heterocycles. The van der Waals surface area contributed by atoms with E-state index in [2.05, 4.69) is 44.3 Å². The number of carbonyl (C=O) groups is 1. The molecular formula is C27H31N7O2. The number of nitrogens with zero attached hydrogens (tertiary/aromatic N) is 6. The standard InChI is InChI=1S/C27H31N7O2/c1-32(2)22-7-10-34(11-8-22)26-14-19(6-9-28-26)27(36)31-25-13-21-12-18(4-5-20(21)15-29-25)23-16-30-33(3)24(23)17-35/h4-6,9,12-16,22,35H,7-8,10-11,17H2,1-3H3,(H,29,31,36). The molecular weight excluding hydrogens is 454 g/mol. The largest absolute Gasteiger partial charge is 0.390 e. The van der Waals surface area contributed by atoms with Crippen LogP contribution < -0.4 is 10.2 Å². The lowest BCUT2D eigenvalue weighted by Crippen LogP contribution is -2.42. The number of hydrogen-bond donors (Lipinski definition) is 2. The van der Waals surface area contributed by atoms with Gasteiger partial charge in [-0.1, -0.05) is 12.1 Å².